The van der Waals surface area contributed by atoms with Crippen LogP contribution in [0.3, 0.4) is 0 Å². The zero-order valence-electron chi connectivity index (χ0n) is 28.3. The molecule has 0 amide bonds. The van der Waals surface area contributed by atoms with Gasteiger partial charge in [-0.25, -0.2) is 0 Å². The minimum Gasteiger partial charge on any atom is -0.507 e. The van der Waals surface area contributed by atoms with E-state index in [4.69, 9.17) is 9.98 Å². The summed E-state index contributed by atoms with van der Waals surface area (Å²) >= 11 is 0. The van der Waals surface area contributed by atoms with Crippen LogP contribution in [-0.2, 0) is 22.8 Å². The molecule has 1 fully saturated rings. The van der Waals surface area contributed by atoms with Gasteiger partial charge in [0.2, 0.25) is 0 Å². The van der Waals surface area contributed by atoms with Crippen molar-refractivity contribution in [1.29, 1.82) is 0 Å². The van der Waals surface area contributed by atoms with Gasteiger partial charge in [0.25, 0.3) is 0 Å². The molecule has 2 atom stereocenters. The predicted octanol–water partition coefficient (Wildman–Crippen LogP) is 8.68. The number of phenolic OH excluding ortho intramolecular Hbond substituents is 2. The van der Waals surface area contributed by atoms with Crippen LogP contribution in [-0.4, -0.2) is 52.7 Å². The monoisotopic (exact) mass is 575 g/mol. The molecule has 1 saturated carbocycles. The minimum absolute atomic E-state index is 0.0360. The Hall–Kier alpha value is -2.66. The van der Waals surface area contributed by atoms with Crippen LogP contribution in [0.25, 0.3) is 0 Å². The first-order valence-corrected chi connectivity index (χ1v) is 16.0. The van der Waals surface area contributed by atoms with E-state index >= 15 is 0 Å². The second kappa shape index (κ2) is 13.3. The molecule has 42 heavy (non-hydrogen) atoms. The Morgan fingerprint density at radius 2 is 1.14 bits per heavy atom. The summed E-state index contributed by atoms with van der Waals surface area (Å²) in [6, 6.07) is 8.55. The van der Waals surface area contributed by atoms with Gasteiger partial charge in [0.15, 0.2) is 0 Å². The summed E-state index contributed by atoms with van der Waals surface area (Å²) in [5.41, 5.74) is 5.59. The van der Waals surface area contributed by atoms with E-state index in [1.165, 1.54) is 11.1 Å². The summed E-state index contributed by atoms with van der Waals surface area (Å²) < 4.78 is 0. The van der Waals surface area contributed by atoms with Crippen molar-refractivity contribution in [2.24, 2.45) is 9.98 Å². The lowest BCUT2D eigenvalue weighted by Gasteiger charge is -2.28. The number of rotatable bonds is 8. The SMILES string of the molecule is CCN(CC)Cc1cc(C(C)(C)C)cc(C=NC2CCCCC2N=Cc2cc(C(C)(C)C)cc(C(C)(C)C)c2O)c1O. The maximum atomic E-state index is 11.3. The molecule has 0 radical (unpaired) electrons. The fourth-order valence-electron chi connectivity index (χ4n) is 5.61. The predicted molar refractivity (Wildman–Crippen MR) is 180 cm³/mol. The van der Waals surface area contributed by atoms with E-state index in [1.807, 2.05) is 12.4 Å². The number of aromatic hydroxyl groups is 2. The average Bonchev–Trinajstić information content (AvgIpc) is 2.89. The molecule has 2 unspecified atom stereocenters. The summed E-state index contributed by atoms with van der Waals surface area (Å²) in [6.45, 7) is 26.6. The molecule has 2 N–H and O–H groups in total. The zero-order valence-corrected chi connectivity index (χ0v) is 28.3. The van der Waals surface area contributed by atoms with Crippen LogP contribution in [0, 0.1) is 0 Å². The molecule has 2 aromatic rings. The highest BCUT2D eigenvalue weighted by atomic mass is 16.3. The molecule has 0 aromatic heterocycles. The standard InChI is InChI=1S/C37H57N3O2/c1-12-40(13-2)24-27-20-28(35(3,4)5)18-25(33(27)41)22-38-31-16-14-15-17-32(31)39-23-26-19-29(36(6,7)8)21-30(34(26)42)37(9,10)11/h18-23,31-32,41-42H,12-17,24H2,1-11H3. The van der Waals surface area contributed by atoms with Crippen LogP contribution in [0.5, 0.6) is 11.5 Å². The summed E-state index contributed by atoms with van der Waals surface area (Å²) in [5, 5.41) is 22.6. The number of nitrogens with zero attached hydrogens (tertiary/aromatic N) is 3. The smallest absolute Gasteiger partial charge is 0.128 e. The summed E-state index contributed by atoms with van der Waals surface area (Å²) in [4.78, 5) is 12.4. The molecule has 232 valence electrons. The van der Waals surface area contributed by atoms with Gasteiger partial charge in [-0.2, -0.15) is 0 Å². The van der Waals surface area contributed by atoms with Crippen LogP contribution >= 0.6 is 0 Å². The summed E-state index contributed by atoms with van der Waals surface area (Å²) in [6.07, 6.45) is 7.92. The molecule has 0 spiro atoms. The fraction of sp³-hybridized carbons (Fsp3) is 0.622. The normalized spacial score (nSPS) is 19.0. The number of phenols is 2. The number of benzene rings is 2. The Kier molecular flexibility index (Phi) is 10.7. The van der Waals surface area contributed by atoms with Crippen LogP contribution in [0.4, 0.5) is 0 Å². The molecule has 2 aromatic carbocycles. The van der Waals surface area contributed by atoms with Crippen molar-refractivity contribution in [2.75, 3.05) is 13.1 Å². The van der Waals surface area contributed by atoms with E-state index in [0.717, 1.165) is 61.0 Å². The van der Waals surface area contributed by atoms with E-state index < -0.39 is 0 Å². The first kappa shape index (κ1) is 33.8. The lowest BCUT2D eigenvalue weighted by molar-refractivity contribution is 0.290. The zero-order chi connectivity index (χ0) is 31.5. The van der Waals surface area contributed by atoms with Crippen molar-refractivity contribution >= 4 is 12.4 Å². The van der Waals surface area contributed by atoms with Gasteiger partial charge in [0, 0.05) is 41.2 Å². The van der Waals surface area contributed by atoms with Gasteiger partial charge in [0.05, 0.1) is 12.1 Å². The molecule has 0 bridgehead atoms. The molecule has 0 heterocycles. The van der Waals surface area contributed by atoms with E-state index in [-0.39, 0.29) is 28.3 Å². The highest BCUT2D eigenvalue weighted by Gasteiger charge is 2.27. The lowest BCUT2D eigenvalue weighted by atomic mass is 9.79. The maximum absolute atomic E-state index is 11.3. The second-order valence-electron chi connectivity index (χ2n) is 15.2. The molecule has 0 aliphatic heterocycles. The molecular weight excluding hydrogens is 518 g/mol. The quantitative estimate of drug-likeness (QED) is 0.309. The van der Waals surface area contributed by atoms with Crippen molar-refractivity contribution in [1.82, 2.24) is 4.90 Å². The summed E-state index contributed by atoms with van der Waals surface area (Å²) in [5.74, 6) is 0.646. The minimum atomic E-state index is -0.181. The molecule has 0 saturated heterocycles. The molecular formula is C37H57N3O2. The van der Waals surface area contributed by atoms with Gasteiger partial charge in [-0.15, -0.1) is 0 Å². The van der Waals surface area contributed by atoms with Crippen LogP contribution in [0.2, 0.25) is 0 Å². The van der Waals surface area contributed by atoms with Crippen LogP contribution in [0.1, 0.15) is 135 Å². The molecule has 1 aliphatic rings. The first-order valence-electron chi connectivity index (χ1n) is 16.0. The van der Waals surface area contributed by atoms with E-state index in [2.05, 4.69) is 105 Å². The Morgan fingerprint density at radius 3 is 1.57 bits per heavy atom. The second-order valence-corrected chi connectivity index (χ2v) is 15.2. The third-order valence-electron chi connectivity index (χ3n) is 8.69. The van der Waals surface area contributed by atoms with Crippen LogP contribution in [0.15, 0.2) is 34.3 Å². The fourth-order valence-corrected chi connectivity index (χ4v) is 5.61. The molecule has 1 aliphatic carbocycles. The van der Waals surface area contributed by atoms with Crippen molar-refractivity contribution in [3.05, 3.63) is 57.6 Å². The van der Waals surface area contributed by atoms with Gasteiger partial charge in [0.1, 0.15) is 11.5 Å². The van der Waals surface area contributed by atoms with Gasteiger partial charge >= 0.3 is 0 Å². The van der Waals surface area contributed by atoms with Crippen LogP contribution < -0.4 is 0 Å². The third kappa shape index (κ3) is 8.46. The van der Waals surface area contributed by atoms with Crippen molar-refractivity contribution in [2.45, 2.75) is 137 Å². The number of hydrogen-bond donors (Lipinski definition) is 2. The summed E-state index contributed by atoms with van der Waals surface area (Å²) in [7, 11) is 0. The first-order chi connectivity index (χ1) is 19.5. The highest BCUT2D eigenvalue weighted by molar-refractivity contribution is 5.86. The van der Waals surface area contributed by atoms with Gasteiger partial charge in [-0.1, -0.05) is 101 Å². The molecule has 5 heteroatoms. The topological polar surface area (TPSA) is 68.4 Å². The van der Waals surface area contributed by atoms with E-state index in [1.54, 1.807) is 0 Å². The van der Waals surface area contributed by atoms with Crippen molar-refractivity contribution in [3.8, 4) is 11.5 Å². The maximum Gasteiger partial charge on any atom is 0.128 e. The largest absolute Gasteiger partial charge is 0.507 e. The Balaban J connectivity index is 1.97. The van der Waals surface area contributed by atoms with Gasteiger partial charge in [-0.05, 0) is 65.4 Å². The third-order valence-corrected chi connectivity index (χ3v) is 8.69. The highest BCUT2D eigenvalue weighted by Crippen LogP contribution is 2.37. The Bertz CT molecular complexity index is 1270. The Morgan fingerprint density at radius 1 is 0.690 bits per heavy atom. The van der Waals surface area contributed by atoms with Crippen molar-refractivity contribution < 1.29 is 10.2 Å². The molecule has 3 rings (SSSR count). The Labute approximate surface area is 256 Å². The lowest BCUT2D eigenvalue weighted by Crippen LogP contribution is -2.27. The molecule has 5 nitrogen and oxygen atoms in total. The number of aliphatic imine (C=N–C) groups is 2. The van der Waals surface area contributed by atoms with Gasteiger partial charge < -0.3 is 10.2 Å². The van der Waals surface area contributed by atoms with E-state index in [0.29, 0.717) is 18.0 Å². The van der Waals surface area contributed by atoms with Crippen molar-refractivity contribution in [3.63, 3.8) is 0 Å². The average molecular weight is 576 g/mol. The van der Waals surface area contributed by atoms with Gasteiger partial charge in [-0.3, -0.25) is 14.9 Å². The number of hydrogen-bond acceptors (Lipinski definition) is 5. The van der Waals surface area contributed by atoms with E-state index in [9.17, 15) is 10.2 Å².